The molecule has 0 spiro atoms. The maximum atomic E-state index is 9.24. The summed E-state index contributed by atoms with van der Waals surface area (Å²) in [7, 11) is 0. The van der Waals surface area contributed by atoms with Crippen LogP contribution in [-0.4, -0.2) is 95.4 Å². The van der Waals surface area contributed by atoms with E-state index in [1.165, 1.54) is 0 Å². The summed E-state index contributed by atoms with van der Waals surface area (Å²) in [6.07, 6.45) is 0. The fourth-order valence-corrected chi connectivity index (χ4v) is 0. The molecule has 0 aromatic carbocycles. The highest BCUT2D eigenvalue weighted by atomic mass is 24.3. The molecule has 0 bridgehead atoms. The molecule has 0 aromatic rings. The molecule has 0 saturated heterocycles. The zero-order valence-electron chi connectivity index (χ0n) is 7.64. The Kier molecular flexibility index (Phi) is 2930. The molecule has 0 atom stereocenters. The van der Waals surface area contributed by atoms with Gasteiger partial charge < -0.3 is 65.6 Å². The van der Waals surface area contributed by atoms with Crippen LogP contribution in [0.4, 0.5) is 0 Å². The first-order valence-corrected chi connectivity index (χ1v) is 1.19. The van der Waals surface area contributed by atoms with Gasteiger partial charge in [-0.25, -0.2) is 0 Å². The third-order valence-electron chi connectivity index (χ3n) is 0.175. The first kappa shape index (κ1) is 240. The molecule has 23 N–H and O–H groups in total. The molecular formula is C2H27MgNO12. The summed E-state index contributed by atoms with van der Waals surface area (Å²) in [5, 5.41) is 7.60. The minimum absolute atomic E-state index is 0. The van der Waals surface area contributed by atoms with Crippen molar-refractivity contribution in [2.45, 2.75) is 0 Å². The highest BCUT2D eigenvalue weighted by Crippen LogP contribution is 1.43. The van der Waals surface area contributed by atoms with E-state index < -0.39 is 5.97 Å². The first-order valence-electron chi connectivity index (χ1n) is 1.19. The van der Waals surface area contributed by atoms with Crippen LogP contribution in [0, 0.1) is 0 Å². The lowest BCUT2D eigenvalue weighted by molar-refractivity contribution is -0.135. The number of carboxylic acids is 1. The molecule has 16 heavy (non-hydrogen) atoms. The zero-order valence-corrected chi connectivity index (χ0v) is 7.64. The van der Waals surface area contributed by atoms with E-state index in [1.54, 1.807) is 0 Å². The zero-order chi connectivity index (χ0) is 4.28. The minimum atomic E-state index is -0.968. The molecule has 0 aliphatic carbocycles. The van der Waals surface area contributed by atoms with E-state index in [2.05, 4.69) is 5.73 Å². The quantitative estimate of drug-likeness (QED) is 0.442. The van der Waals surface area contributed by atoms with E-state index in [4.69, 9.17) is 5.11 Å². The summed E-state index contributed by atoms with van der Waals surface area (Å²) in [6, 6.07) is 0. The van der Waals surface area contributed by atoms with E-state index in [0.29, 0.717) is 0 Å². The van der Waals surface area contributed by atoms with Crippen LogP contribution in [0.3, 0.4) is 0 Å². The van der Waals surface area contributed by atoms with Gasteiger partial charge in [-0.15, -0.1) is 0 Å². The molecule has 13 nitrogen and oxygen atoms in total. The van der Waals surface area contributed by atoms with Crippen molar-refractivity contribution in [2.75, 3.05) is 6.54 Å². The molecule has 0 fully saturated rings. The van der Waals surface area contributed by atoms with Gasteiger partial charge in [0.1, 0.15) is 0 Å². The Bertz CT molecular complexity index is 54.3. The molecule has 0 heterocycles. The number of aliphatic carboxylic acids is 1. The largest absolute Gasteiger partial charge is 0.480 e. The molecule has 0 aliphatic rings. The normalized spacial score (nSPS) is 2.31. The van der Waals surface area contributed by atoms with Gasteiger partial charge in [0, 0.05) is 0 Å². The van der Waals surface area contributed by atoms with Gasteiger partial charge in [-0.3, -0.25) is 4.79 Å². The van der Waals surface area contributed by atoms with E-state index in [0.717, 1.165) is 0 Å². The predicted octanol–water partition coefficient (Wildman–Crippen LogP) is -10.1. The molecule has 0 aromatic heterocycles. The van der Waals surface area contributed by atoms with Gasteiger partial charge in [-0.2, -0.15) is 0 Å². The summed E-state index contributed by atoms with van der Waals surface area (Å²) >= 11 is 0. The van der Waals surface area contributed by atoms with Crippen LogP contribution < -0.4 is 5.73 Å². The van der Waals surface area contributed by atoms with Crippen LogP contribution >= 0.6 is 0 Å². The minimum Gasteiger partial charge on any atom is -0.480 e. The van der Waals surface area contributed by atoms with Crippen molar-refractivity contribution in [3.05, 3.63) is 0 Å². The maximum Gasteiger partial charge on any atom is 0.317 e. The Morgan fingerprint density at radius 3 is 0.812 bits per heavy atom. The van der Waals surface area contributed by atoms with E-state index in [1.807, 2.05) is 0 Å². The Morgan fingerprint density at radius 2 is 0.812 bits per heavy atom. The maximum absolute atomic E-state index is 9.24. The lowest BCUT2D eigenvalue weighted by Gasteiger charge is -1.73. The first-order chi connectivity index (χ1) is 2.27. The van der Waals surface area contributed by atoms with Crippen LogP contribution in [0.2, 0.25) is 0 Å². The van der Waals surface area contributed by atoms with Gasteiger partial charge in [0.15, 0.2) is 0 Å². The predicted molar refractivity (Wildman–Crippen MR) is 61.4 cm³/mol. The second-order valence-corrected chi connectivity index (χ2v) is 0.598. The van der Waals surface area contributed by atoms with Crippen molar-refractivity contribution >= 4 is 29.0 Å². The van der Waals surface area contributed by atoms with Gasteiger partial charge in [0.25, 0.3) is 0 Å². The smallest absolute Gasteiger partial charge is 0.317 e. The molecular weight excluding hydrogens is 254 g/mol. The van der Waals surface area contributed by atoms with Crippen molar-refractivity contribution in [2.24, 2.45) is 5.73 Å². The SMILES string of the molecule is NCC(=O)O.O.O.O.O.O.O.O.O.O.O.[MgH2]. The van der Waals surface area contributed by atoms with Crippen LogP contribution in [0.15, 0.2) is 0 Å². The van der Waals surface area contributed by atoms with Gasteiger partial charge in [0.2, 0.25) is 0 Å². The number of carbonyl (C=O) groups is 1. The highest BCUT2D eigenvalue weighted by molar-refractivity contribution is 5.75. The molecule has 0 unspecified atom stereocenters. The van der Waals surface area contributed by atoms with Crippen LogP contribution in [0.1, 0.15) is 0 Å². The molecule has 114 valence electrons. The number of hydrogen-bond acceptors (Lipinski definition) is 2. The molecule has 14 heteroatoms. The number of nitrogens with two attached hydrogens (primary N) is 1. The number of carboxylic acid groups (broad SMARTS) is 1. The van der Waals surface area contributed by atoms with Crippen LogP contribution in [0.5, 0.6) is 0 Å². The molecule has 0 amide bonds. The molecule has 0 radical (unpaired) electrons. The van der Waals surface area contributed by atoms with Gasteiger partial charge in [-0.05, 0) is 0 Å². The van der Waals surface area contributed by atoms with Crippen molar-refractivity contribution in [3.63, 3.8) is 0 Å². The van der Waals surface area contributed by atoms with Crippen LogP contribution in [0.25, 0.3) is 0 Å². The van der Waals surface area contributed by atoms with Crippen molar-refractivity contribution in [3.8, 4) is 0 Å². The van der Waals surface area contributed by atoms with Crippen molar-refractivity contribution in [1.29, 1.82) is 0 Å². The van der Waals surface area contributed by atoms with Gasteiger partial charge in [-0.1, -0.05) is 0 Å². The van der Waals surface area contributed by atoms with E-state index in [-0.39, 0.29) is 84.4 Å². The van der Waals surface area contributed by atoms with Gasteiger partial charge in [0.05, 0.1) is 6.54 Å². The van der Waals surface area contributed by atoms with Crippen molar-refractivity contribution < 1.29 is 64.7 Å². The third kappa shape index (κ3) is 700. The fraction of sp³-hybridized carbons (Fsp3) is 0.500. The number of hydrogen-bond donors (Lipinski definition) is 2. The average Bonchev–Trinajstić information content (AvgIpc) is 1.38. The molecule has 0 rings (SSSR count). The van der Waals surface area contributed by atoms with E-state index in [9.17, 15) is 4.79 Å². The second kappa shape index (κ2) is 195. The lowest BCUT2D eigenvalue weighted by Crippen LogP contribution is -2.10. The summed E-state index contributed by atoms with van der Waals surface area (Å²) in [5.74, 6) is -0.968. The Morgan fingerprint density at radius 1 is 0.750 bits per heavy atom. The summed E-state index contributed by atoms with van der Waals surface area (Å²) in [6.45, 7) is -0.278. The Labute approximate surface area is 106 Å². The average molecular weight is 282 g/mol. The van der Waals surface area contributed by atoms with Crippen molar-refractivity contribution in [1.82, 2.24) is 0 Å². The fourth-order valence-electron chi connectivity index (χ4n) is 0. The summed E-state index contributed by atoms with van der Waals surface area (Å²) < 4.78 is 0. The standard InChI is InChI=1S/C2H5NO2.Mg.10H2O.2H/c3-1-2(4)5;;;;;;;;;;;;;/h1,3H2,(H,4,5);;10*1H2;;. The van der Waals surface area contributed by atoms with Gasteiger partial charge >= 0.3 is 29.0 Å². The number of rotatable bonds is 1. The topological polar surface area (TPSA) is 378 Å². The Balaban J connectivity index is -0.00000000145. The molecule has 0 aliphatic heterocycles. The highest BCUT2D eigenvalue weighted by Gasteiger charge is 1.81. The lowest BCUT2D eigenvalue weighted by atomic mass is 10.7. The Hall–Kier alpha value is -0.204. The second-order valence-electron chi connectivity index (χ2n) is 0.598. The van der Waals surface area contributed by atoms with E-state index >= 15 is 0 Å². The molecule has 0 saturated carbocycles. The third-order valence-corrected chi connectivity index (χ3v) is 0.175. The van der Waals surface area contributed by atoms with Crippen LogP contribution in [-0.2, 0) is 4.79 Å². The summed E-state index contributed by atoms with van der Waals surface area (Å²) in [5.41, 5.74) is 4.57. The monoisotopic (exact) mass is 281 g/mol. The summed E-state index contributed by atoms with van der Waals surface area (Å²) in [4.78, 5) is 9.24.